The van der Waals surface area contributed by atoms with Gasteiger partial charge in [-0.15, -0.1) is 0 Å². The maximum Gasteiger partial charge on any atom is 0.0238 e. The predicted molar refractivity (Wildman–Crippen MR) is 59.4 cm³/mol. The summed E-state index contributed by atoms with van der Waals surface area (Å²) >= 11 is 2.11. The van der Waals surface area contributed by atoms with Gasteiger partial charge in [0.25, 0.3) is 0 Å². The van der Waals surface area contributed by atoms with Gasteiger partial charge in [-0.25, -0.2) is 0 Å². The van der Waals surface area contributed by atoms with Gasteiger partial charge < -0.3 is 4.90 Å². The fourth-order valence-corrected chi connectivity index (χ4v) is 3.50. The van der Waals surface area contributed by atoms with Crippen molar-refractivity contribution in [1.82, 2.24) is 9.80 Å². The van der Waals surface area contributed by atoms with Crippen LogP contribution in [0, 0.1) is 0 Å². The summed E-state index contributed by atoms with van der Waals surface area (Å²) in [6.45, 7) is 6.27. The lowest BCUT2D eigenvalue weighted by Gasteiger charge is -2.37. The van der Waals surface area contributed by atoms with Gasteiger partial charge in [0.1, 0.15) is 0 Å². The molecule has 2 unspecified atom stereocenters. The molecule has 0 saturated carbocycles. The smallest absolute Gasteiger partial charge is 0.0238 e. The summed E-state index contributed by atoms with van der Waals surface area (Å²) in [5.41, 5.74) is 0. The molecule has 0 spiro atoms. The molecule has 0 aromatic carbocycles. The van der Waals surface area contributed by atoms with Crippen molar-refractivity contribution in [2.45, 2.75) is 25.4 Å². The van der Waals surface area contributed by atoms with Crippen molar-refractivity contribution in [3.05, 3.63) is 0 Å². The molecule has 3 heteroatoms. The number of hydrogen-bond donors (Lipinski definition) is 0. The Labute approximate surface area is 85.7 Å². The lowest BCUT2D eigenvalue weighted by molar-refractivity contribution is 0.164. The monoisotopic (exact) mass is 200 g/mol. The standard InChI is InChI=1S/C10H20N2S/c1-9-8-13-6-5-12(9)10-3-4-11(2)7-10/h9-10H,3-8H2,1-2H3. The van der Waals surface area contributed by atoms with E-state index in [0.717, 1.165) is 12.1 Å². The van der Waals surface area contributed by atoms with Crippen molar-refractivity contribution in [2.24, 2.45) is 0 Å². The van der Waals surface area contributed by atoms with Gasteiger partial charge in [0, 0.05) is 36.7 Å². The summed E-state index contributed by atoms with van der Waals surface area (Å²) in [7, 11) is 2.24. The topological polar surface area (TPSA) is 6.48 Å². The molecule has 0 aromatic rings. The first kappa shape index (κ1) is 9.81. The number of thioether (sulfide) groups is 1. The molecule has 2 aliphatic heterocycles. The van der Waals surface area contributed by atoms with Crippen molar-refractivity contribution < 1.29 is 0 Å². The fraction of sp³-hybridized carbons (Fsp3) is 1.00. The highest BCUT2D eigenvalue weighted by atomic mass is 32.2. The maximum atomic E-state index is 2.72. The average Bonchev–Trinajstić information content (AvgIpc) is 2.53. The minimum absolute atomic E-state index is 0.801. The SMILES string of the molecule is CC1CSCCN1C1CCN(C)C1. The molecule has 2 fully saturated rings. The third-order valence-corrected chi connectivity index (χ3v) is 4.44. The molecule has 2 atom stereocenters. The van der Waals surface area contributed by atoms with Gasteiger partial charge in [-0.05, 0) is 26.9 Å². The van der Waals surface area contributed by atoms with Crippen LogP contribution in [-0.2, 0) is 0 Å². The molecule has 2 rings (SSSR count). The Morgan fingerprint density at radius 1 is 1.31 bits per heavy atom. The van der Waals surface area contributed by atoms with Gasteiger partial charge >= 0.3 is 0 Å². The molecule has 0 aliphatic carbocycles. The van der Waals surface area contributed by atoms with Crippen LogP contribution in [0.25, 0.3) is 0 Å². The number of likely N-dealkylation sites (N-methyl/N-ethyl adjacent to an activating group) is 1. The van der Waals surface area contributed by atoms with Crippen LogP contribution in [0.5, 0.6) is 0 Å². The number of nitrogens with zero attached hydrogens (tertiary/aromatic N) is 2. The summed E-state index contributed by atoms with van der Waals surface area (Å²) in [5.74, 6) is 2.67. The Balaban J connectivity index is 1.91. The number of hydrogen-bond acceptors (Lipinski definition) is 3. The van der Waals surface area contributed by atoms with Crippen LogP contribution in [-0.4, -0.2) is 60.1 Å². The van der Waals surface area contributed by atoms with E-state index in [1.807, 2.05) is 0 Å². The van der Waals surface area contributed by atoms with Crippen LogP contribution in [0.15, 0.2) is 0 Å². The molecular weight excluding hydrogens is 180 g/mol. The summed E-state index contributed by atoms with van der Waals surface area (Å²) < 4.78 is 0. The maximum absolute atomic E-state index is 2.72. The van der Waals surface area contributed by atoms with Crippen LogP contribution in [0.1, 0.15) is 13.3 Å². The van der Waals surface area contributed by atoms with Crippen LogP contribution in [0.3, 0.4) is 0 Å². The Bertz CT molecular complexity index is 174. The van der Waals surface area contributed by atoms with E-state index in [4.69, 9.17) is 0 Å². The number of rotatable bonds is 1. The van der Waals surface area contributed by atoms with Gasteiger partial charge in [0.05, 0.1) is 0 Å². The van der Waals surface area contributed by atoms with Crippen molar-refractivity contribution in [3.8, 4) is 0 Å². The minimum Gasteiger partial charge on any atom is -0.305 e. The molecule has 0 amide bonds. The quantitative estimate of drug-likeness (QED) is 0.626. The van der Waals surface area contributed by atoms with Gasteiger partial charge in [-0.1, -0.05) is 0 Å². The molecule has 0 bridgehead atoms. The van der Waals surface area contributed by atoms with Crippen LogP contribution in [0.2, 0.25) is 0 Å². The molecule has 2 saturated heterocycles. The van der Waals surface area contributed by atoms with E-state index in [-0.39, 0.29) is 0 Å². The second-order valence-electron chi connectivity index (χ2n) is 4.37. The molecule has 0 N–H and O–H groups in total. The van der Waals surface area contributed by atoms with Crippen LogP contribution < -0.4 is 0 Å². The van der Waals surface area contributed by atoms with E-state index in [1.165, 1.54) is 37.6 Å². The summed E-state index contributed by atoms with van der Waals surface area (Å²) in [6.07, 6.45) is 1.38. The van der Waals surface area contributed by atoms with E-state index < -0.39 is 0 Å². The Morgan fingerprint density at radius 2 is 2.15 bits per heavy atom. The van der Waals surface area contributed by atoms with Crippen molar-refractivity contribution in [2.75, 3.05) is 38.2 Å². The first-order valence-electron chi connectivity index (χ1n) is 5.29. The lowest BCUT2D eigenvalue weighted by Crippen LogP contribution is -2.47. The fourth-order valence-electron chi connectivity index (χ4n) is 2.46. The summed E-state index contributed by atoms with van der Waals surface area (Å²) in [4.78, 5) is 5.18. The highest BCUT2D eigenvalue weighted by Gasteiger charge is 2.30. The molecule has 0 radical (unpaired) electrons. The van der Waals surface area contributed by atoms with Crippen LogP contribution >= 0.6 is 11.8 Å². The Hall–Kier alpha value is 0.270. The Kier molecular flexibility index (Phi) is 3.17. The van der Waals surface area contributed by atoms with Gasteiger partial charge in [-0.2, -0.15) is 11.8 Å². The largest absolute Gasteiger partial charge is 0.305 e. The highest BCUT2D eigenvalue weighted by molar-refractivity contribution is 7.99. The first-order chi connectivity index (χ1) is 6.27. The molecule has 2 heterocycles. The third-order valence-electron chi connectivity index (χ3n) is 3.25. The molecule has 13 heavy (non-hydrogen) atoms. The van der Waals surface area contributed by atoms with Gasteiger partial charge in [0.15, 0.2) is 0 Å². The van der Waals surface area contributed by atoms with Crippen molar-refractivity contribution in [3.63, 3.8) is 0 Å². The van der Waals surface area contributed by atoms with Gasteiger partial charge in [0.2, 0.25) is 0 Å². The van der Waals surface area contributed by atoms with Crippen LogP contribution in [0.4, 0.5) is 0 Å². The van der Waals surface area contributed by atoms with Crippen molar-refractivity contribution >= 4 is 11.8 Å². The lowest BCUT2D eigenvalue weighted by atomic mass is 10.1. The molecule has 2 nitrogen and oxygen atoms in total. The summed E-state index contributed by atoms with van der Waals surface area (Å²) in [6, 6.07) is 1.65. The third kappa shape index (κ3) is 2.20. The van der Waals surface area contributed by atoms with Crippen molar-refractivity contribution in [1.29, 1.82) is 0 Å². The normalized spacial score (nSPS) is 38.3. The molecule has 0 aromatic heterocycles. The van der Waals surface area contributed by atoms with E-state index in [2.05, 4.69) is 35.5 Å². The second-order valence-corrected chi connectivity index (χ2v) is 5.52. The van der Waals surface area contributed by atoms with E-state index in [1.54, 1.807) is 0 Å². The highest BCUT2D eigenvalue weighted by Crippen LogP contribution is 2.22. The molecule has 2 aliphatic rings. The van der Waals surface area contributed by atoms with Gasteiger partial charge in [-0.3, -0.25) is 4.90 Å². The molecular formula is C10H20N2S. The number of likely N-dealkylation sites (tertiary alicyclic amines) is 1. The zero-order chi connectivity index (χ0) is 9.26. The second kappa shape index (κ2) is 4.20. The van der Waals surface area contributed by atoms with E-state index >= 15 is 0 Å². The molecule has 76 valence electrons. The zero-order valence-electron chi connectivity index (χ0n) is 8.70. The first-order valence-corrected chi connectivity index (χ1v) is 6.45. The zero-order valence-corrected chi connectivity index (χ0v) is 9.52. The Morgan fingerprint density at radius 3 is 2.77 bits per heavy atom. The predicted octanol–water partition coefficient (Wildman–Crippen LogP) is 1.13. The van der Waals surface area contributed by atoms with E-state index in [0.29, 0.717) is 0 Å². The summed E-state index contributed by atoms with van der Waals surface area (Å²) in [5, 5.41) is 0. The minimum atomic E-state index is 0.801. The van der Waals surface area contributed by atoms with E-state index in [9.17, 15) is 0 Å². The average molecular weight is 200 g/mol.